The molecule has 3 rings (SSSR count). The monoisotopic (exact) mass is 306 g/mol. The zero-order valence-corrected chi connectivity index (χ0v) is 13.2. The molecule has 6 heteroatoms. The van der Waals surface area contributed by atoms with Gasteiger partial charge in [0, 0.05) is 12.6 Å². The van der Waals surface area contributed by atoms with E-state index in [4.69, 9.17) is 0 Å². The molecule has 5 nitrogen and oxygen atoms in total. The molecule has 114 valence electrons. The molecule has 0 radical (unpaired) electrons. The van der Waals surface area contributed by atoms with Gasteiger partial charge in [-0.3, -0.25) is 4.68 Å². The van der Waals surface area contributed by atoms with Gasteiger partial charge in [0.05, 0.1) is 28.4 Å². The first-order valence-electron chi connectivity index (χ1n) is 7.81. The van der Waals surface area contributed by atoms with E-state index in [9.17, 15) is 5.11 Å². The van der Waals surface area contributed by atoms with Crippen molar-refractivity contribution < 1.29 is 5.11 Å². The highest BCUT2D eigenvalue weighted by molar-refractivity contribution is 7.05. The van der Waals surface area contributed by atoms with Crippen LogP contribution in [0, 0.1) is 0 Å². The minimum atomic E-state index is -0.547. The Morgan fingerprint density at radius 3 is 2.95 bits per heavy atom. The molecule has 2 aromatic rings. The second-order valence-corrected chi connectivity index (χ2v) is 6.52. The van der Waals surface area contributed by atoms with Crippen LogP contribution in [0.1, 0.15) is 67.4 Å². The predicted octanol–water partition coefficient (Wildman–Crippen LogP) is 3.08. The van der Waals surface area contributed by atoms with Crippen molar-refractivity contribution in [3.63, 3.8) is 0 Å². The Morgan fingerprint density at radius 1 is 1.38 bits per heavy atom. The van der Waals surface area contributed by atoms with Crippen LogP contribution in [0.15, 0.2) is 12.3 Å². The lowest BCUT2D eigenvalue weighted by Gasteiger charge is -2.21. The van der Waals surface area contributed by atoms with Crippen LogP contribution >= 0.6 is 11.5 Å². The molecule has 1 fully saturated rings. The molecule has 1 unspecified atom stereocenters. The summed E-state index contributed by atoms with van der Waals surface area (Å²) in [4.78, 5) is 0.879. The van der Waals surface area contributed by atoms with Gasteiger partial charge >= 0.3 is 0 Å². The van der Waals surface area contributed by atoms with Gasteiger partial charge in [-0.1, -0.05) is 30.7 Å². The number of nitrogens with zero attached hydrogens (tertiary/aromatic N) is 4. The van der Waals surface area contributed by atoms with Crippen LogP contribution in [-0.4, -0.2) is 24.5 Å². The first-order valence-corrected chi connectivity index (χ1v) is 8.58. The van der Waals surface area contributed by atoms with Crippen molar-refractivity contribution in [2.45, 2.75) is 64.0 Å². The first-order chi connectivity index (χ1) is 10.3. The van der Waals surface area contributed by atoms with Gasteiger partial charge in [-0.25, -0.2) is 0 Å². The summed E-state index contributed by atoms with van der Waals surface area (Å²) in [6.45, 7) is 2.03. The number of aliphatic hydroxyl groups excluding tert-OH is 1. The lowest BCUT2D eigenvalue weighted by atomic mass is 9.96. The number of aromatic nitrogens is 4. The lowest BCUT2D eigenvalue weighted by molar-refractivity contribution is 0.179. The van der Waals surface area contributed by atoms with Crippen molar-refractivity contribution in [3.05, 3.63) is 28.5 Å². The summed E-state index contributed by atoms with van der Waals surface area (Å²) in [5.41, 5.74) is 1.85. The van der Waals surface area contributed by atoms with Crippen molar-refractivity contribution in [2.75, 3.05) is 0 Å². The second-order valence-electron chi connectivity index (χ2n) is 5.74. The molecule has 0 spiro atoms. The maximum absolute atomic E-state index is 10.4. The maximum atomic E-state index is 10.4. The van der Waals surface area contributed by atoms with E-state index < -0.39 is 6.10 Å². The van der Waals surface area contributed by atoms with Gasteiger partial charge in [-0.15, -0.1) is 5.10 Å². The molecule has 0 aromatic carbocycles. The number of hydrogen-bond donors (Lipinski definition) is 1. The van der Waals surface area contributed by atoms with Gasteiger partial charge in [0.15, 0.2) is 0 Å². The van der Waals surface area contributed by atoms with E-state index in [0.717, 1.165) is 22.7 Å². The zero-order valence-electron chi connectivity index (χ0n) is 12.4. The topological polar surface area (TPSA) is 63.8 Å². The quantitative estimate of drug-likeness (QED) is 0.922. The number of aliphatic hydroxyl groups is 1. The van der Waals surface area contributed by atoms with E-state index >= 15 is 0 Å². The molecular weight excluding hydrogens is 284 g/mol. The average Bonchev–Trinajstić information content (AvgIpc) is 3.16. The van der Waals surface area contributed by atoms with Crippen LogP contribution in [0.4, 0.5) is 0 Å². The fraction of sp³-hybridized carbons (Fsp3) is 0.667. The van der Waals surface area contributed by atoms with Crippen molar-refractivity contribution in [1.29, 1.82) is 0 Å². The van der Waals surface area contributed by atoms with Crippen molar-refractivity contribution in [3.8, 4) is 0 Å². The minimum Gasteiger partial charge on any atom is -0.387 e. The molecule has 1 N–H and O–H groups in total. The summed E-state index contributed by atoms with van der Waals surface area (Å²) in [6, 6.07) is 2.57. The van der Waals surface area contributed by atoms with Gasteiger partial charge < -0.3 is 5.11 Å². The third kappa shape index (κ3) is 3.32. The molecule has 0 amide bonds. The Bertz CT molecular complexity index is 574. The Morgan fingerprint density at radius 2 is 2.19 bits per heavy atom. The summed E-state index contributed by atoms with van der Waals surface area (Å²) in [5.74, 6) is 0. The van der Waals surface area contributed by atoms with Crippen LogP contribution < -0.4 is 0 Å². The van der Waals surface area contributed by atoms with E-state index in [1.807, 2.05) is 13.0 Å². The number of rotatable bonds is 5. The van der Waals surface area contributed by atoms with Crippen LogP contribution in [0.25, 0.3) is 0 Å². The van der Waals surface area contributed by atoms with E-state index in [2.05, 4.69) is 25.6 Å². The van der Waals surface area contributed by atoms with E-state index in [0.29, 0.717) is 12.5 Å². The SMILES string of the molecule is CCc1nnsc1C(O)Cc1ccn(C2CCCCC2)n1. The normalized spacial score (nSPS) is 18.0. The summed E-state index contributed by atoms with van der Waals surface area (Å²) in [5, 5.41) is 19.1. The molecule has 0 saturated heterocycles. The molecule has 2 aromatic heterocycles. The summed E-state index contributed by atoms with van der Waals surface area (Å²) in [6.07, 6.45) is 9.25. The molecule has 21 heavy (non-hydrogen) atoms. The molecule has 0 bridgehead atoms. The van der Waals surface area contributed by atoms with Crippen LogP contribution in [0.3, 0.4) is 0 Å². The molecule has 1 aliphatic rings. The van der Waals surface area contributed by atoms with E-state index in [1.165, 1.54) is 43.6 Å². The molecular formula is C15H22N4OS. The number of hydrogen-bond acceptors (Lipinski definition) is 5. The molecule has 0 aliphatic heterocycles. The van der Waals surface area contributed by atoms with Crippen LogP contribution in [-0.2, 0) is 12.8 Å². The molecule has 1 saturated carbocycles. The Balaban J connectivity index is 1.66. The smallest absolute Gasteiger partial charge is 0.0973 e. The average molecular weight is 306 g/mol. The highest BCUT2D eigenvalue weighted by Crippen LogP contribution is 2.28. The highest BCUT2D eigenvalue weighted by Gasteiger charge is 2.19. The minimum absolute atomic E-state index is 0.538. The summed E-state index contributed by atoms with van der Waals surface area (Å²) < 4.78 is 6.03. The maximum Gasteiger partial charge on any atom is 0.0973 e. The third-order valence-electron chi connectivity index (χ3n) is 4.24. The summed E-state index contributed by atoms with van der Waals surface area (Å²) in [7, 11) is 0. The van der Waals surface area contributed by atoms with Gasteiger partial charge in [-0.05, 0) is 36.9 Å². The first kappa shape index (κ1) is 14.7. The van der Waals surface area contributed by atoms with E-state index in [1.54, 1.807) is 0 Å². The second kappa shape index (κ2) is 6.66. The molecule has 1 aliphatic carbocycles. The summed E-state index contributed by atoms with van der Waals surface area (Å²) >= 11 is 1.29. The largest absolute Gasteiger partial charge is 0.387 e. The third-order valence-corrected chi connectivity index (χ3v) is 5.11. The molecule has 1 atom stereocenters. The van der Waals surface area contributed by atoms with Crippen molar-refractivity contribution >= 4 is 11.5 Å². The Kier molecular flexibility index (Phi) is 4.65. The lowest BCUT2D eigenvalue weighted by Crippen LogP contribution is -2.13. The van der Waals surface area contributed by atoms with Gasteiger partial charge in [0.2, 0.25) is 0 Å². The molecule has 2 heterocycles. The van der Waals surface area contributed by atoms with Crippen molar-refractivity contribution in [2.24, 2.45) is 0 Å². The number of aryl methyl sites for hydroxylation is 1. The van der Waals surface area contributed by atoms with Gasteiger partial charge in [-0.2, -0.15) is 5.10 Å². The Hall–Kier alpha value is -1.27. The van der Waals surface area contributed by atoms with Crippen LogP contribution in [0.2, 0.25) is 0 Å². The highest BCUT2D eigenvalue weighted by atomic mass is 32.1. The Labute approximate surface area is 129 Å². The predicted molar refractivity (Wildman–Crippen MR) is 82.3 cm³/mol. The zero-order chi connectivity index (χ0) is 14.7. The van der Waals surface area contributed by atoms with Crippen LogP contribution in [0.5, 0.6) is 0 Å². The van der Waals surface area contributed by atoms with Gasteiger partial charge in [0.1, 0.15) is 0 Å². The fourth-order valence-electron chi connectivity index (χ4n) is 3.04. The van der Waals surface area contributed by atoms with Gasteiger partial charge in [0.25, 0.3) is 0 Å². The standard InChI is InChI=1S/C15H22N4OS/c1-2-13-15(21-18-16-13)14(20)10-11-8-9-19(17-11)12-6-4-3-5-7-12/h8-9,12,14,20H,2-7,10H2,1H3. The van der Waals surface area contributed by atoms with E-state index in [-0.39, 0.29) is 0 Å². The van der Waals surface area contributed by atoms with Crippen molar-refractivity contribution in [1.82, 2.24) is 19.4 Å². The fourth-order valence-corrected chi connectivity index (χ4v) is 3.76.